The Balaban J connectivity index is 1.86. The highest BCUT2D eigenvalue weighted by molar-refractivity contribution is 5.65. The summed E-state index contributed by atoms with van der Waals surface area (Å²) in [4.78, 5) is 12.0. The van der Waals surface area contributed by atoms with E-state index in [0.29, 0.717) is 13.1 Å². The smallest absolute Gasteiger partial charge is 0.407 e. The molecule has 1 saturated heterocycles. The van der Waals surface area contributed by atoms with E-state index in [-0.39, 0.29) is 12.6 Å². The second-order valence-electron chi connectivity index (χ2n) is 4.23. The van der Waals surface area contributed by atoms with Crippen LogP contribution in [0.5, 0.6) is 0 Å². The van der Waals surface area contributed by atoms with E-state index in [2.05, 4.69) is 5.32 Å². The Morgan fingerprint density at radius 2 is 2.06 bits per heavy atom. The van der Waals surface area contributed by atoms with Gasteiger partial charge in [-0.05, 0) is 5.56 Å². The van der Waals surface area contributed by atoms with Crippen molar-refractivity contribution in [1.82, 2.24) is 10.2 Å². The summed E-state index contributed by atoms with van der Waals surface area (Å²) in [6.45, 7) is 1.15. The van der Waals surface area contributed by atoms with Crippen molar-refractivity contribution < 1.29 is 15.0 Å². The fourth-order valence-corrected chi connectivity index (χ4v) is 1.99. The zero-order valence-corrected chi connectivity index (χ0v) is 9.41. The molecular weight excluding hydrogens is 220 g/mol. The molecule has 0 saturated carbocycles. The van der Waals surface area contributed by atoms with Gasteiger partial charge < -0.3 is 20.4 Å². The van der Waals surface area contributed by atoms with Gasteiger partial charge in [0, 0.05) is 13.1 Å². The van der Waals surface area contributed by atoms with Gasteiger partial charge in [0.15, 0.2) is 0 Å². The molecule has 5 nitrogen and oxygen atoms in total. The number of nitrogens with zero attached hydrogens (tertiary/aromatic N) is 1. The monoisotopic (exact) mass is 236 g/mol. The van der Waals surface area contributed by atoms with Gasteiger partial charge in [-0.3, -0.25) is 0 Å². The van der Waals surface area contributed by atoms with Gasteiger partial charge in [-0.25, -0.2) is 4.79 Å². The van der Waals surface area contributed by atoms with Crippen LogP contribution in [-0.4, -0.2) is 46.4 Å². The molecule has 0 radical (unpaired) electrons. The minimum atomic E-state index is -0.979. The number of amides is 1. The van der Waals surface area contributed by atoms with Crippen molar-refractivity contribution >= 4 is 6.09 Å². The van der Waals surface area contributed by atoms with Gasteiger partial charge in [0.1, 0.15) is 0 Å². The van der Waals surface area contributed by atoms with Crippen LogP contribution >= 0.6 is 0 Å². The third-order valence-electron chi connectivity index (χ3n) is 2.97. The number of nitrogens with one attached hydrogen (secondary N) is 1. The second kappa shape index (κ2) is 5.16. The summed E-state index contributed by atoms with van der Waals surface area (Å²) < 4.78 is 0. The molecule has 0 aromatic heterocycles. The molecule has 1 amide bonds. The van der Waals surface area contributed by atoms with Crippen LogP contribution in [0, 0.1) is 0 Å². The third-order valence-corrected chi connectivity index (χ3v) is 2.97. The number of hydrogen-bond donors (Lipinski definition) is 3. The highest BCUT2D eigenvalue weighted by Gasteiger charge is 2.33. The predicted molar refractivity (Wildman–Crippen MR) is 62.7 cm³/mol. The van der Waals surface area contributed by atoms with E-state index in [9.17, 15) is 9.90 Å². The van der Waals surface area contributed by atoms with Crippen LogP contribution in [-0.2, 0) is 6.54 Å². The van der Waals surface area contributed by atoms with E-state index in [1.54, 1.807) is 0 Å². The molecule has 1 aromatic carbocycles. The van der Waals surface area contributed by atoms with Gasteiger partial charge in [0.05, 0.1) is 18.7 Å². The fourth-order valence-electron chi connectivity index (χ4n) is 1.99. The number of β-amino-alcohol motifs (C(OH)–C–C–N with tert-alkyl or cyclic N) is 1. The Morgan fingerprint density at radius 1 is 1.35 bits per heavy atom. The number of benzene rings is 1. The number of aliphatic hydroxyl groups excluding tert-OH is 1. The summed E-state index contributed by atoms with van der Waals surface area (Å²) in [6.07, 6.45) is -1.61. The summed E-state index contributed by atoms with van der Waals surface area (Å²) in [5.74, 6) is 0. The average molecular weight is 236 g/mol. The van der Waals surface area contributed by atoms with Crippen LogP contribution in [0.25, 0.3) is 0 Å². The zero-order chi connectivity index (χ0) is 12.3. The molecule has 2 rings (SSSR count). The second-order valence-corrected chi connectivity index (χ2v) is 4.23. The van der Waals surface area contributed by atoms with Crippen molar-refractivity contribution in [2.24, 2.45) is 0 Å². The summed E-state index contributed by atoms with van der Waals surface area (Å²) in [5.41, 5.74) is 1.12. The molecule has 1 aliphatic rings. The lowest BCUT2D eigenvalue weighted by Gasteiger charge is -2.15. The molecule has 0 aliphatic carbocycles. The molecule has 0 spiro atoms. The first kappa shape index (κ1) is 11.9. The average Bonchev–Trinajstić information content (AvgIpc) is 2.70. The quantitative estimate of drug-likeness (QED) is 0.714. The van der Waals surface area contributed by atoms with Gasteiger partial charge in [-0.1, -0.05) is 30.3 Å². The molecular formula is C12H16N2O3. The molecule has 5 heteroatoms. The van der Waals surface area contributed by atoms with Gasteiger partial charge >= 0.3 is 6.09 Å². The van der Waals surface area contributed by atoms with Crippen molar-refractivity contribution in [3.05, 3.63) is 35.9 Å². The fraction of sp³-hybridized carbons (Fsp3) is 0.417. The summed E-state index contributed by atoms with van der Waals surface area (Å²) in [7, 11) is 0. The number of likely N-dealkylation sites (tertiary alicyclic amines) is 1. The minimum Gasteiger partial charge on any atom is -0.465 e. The van der Waals surface area contributed by atoms with Crippen molar-refractivity contribution in [3.8, 4) is 0 Å². The molecule has 1 aliphatic heterocycles. The molecule has 1 heterocycles. The molecule has 1 fully saturated rings. The van der Waals surface area contributed by atoms with Crippen molar-refractivity contribution in [2.75, 3.05) is 13.1 Å². The first-order valence-corrected chi connectivity index (χ1v) is 5.60. The molecule has 3 N–H and O–H groups in total. The molecule has 2 atom stereocenters. The number of carbonyl (C=O) groups is 1. The van der Waals surface area contributed by atoms with Gasteiger partial charge in [-0.2, -0.15) is 0 Å². The standard InChI is InChI=1S/C12H16N2O3/c15-11-8-14(12(16)17)7-10(11)13-6-9-4-2-1-3-5-9/h1-5,10-11,13,15H,6-8H2,(H,16,17)/t10-,11-/m0/s1. The molecule has 17 heavy (non-hydrogen) atoms. The van der Waals surface area contributed by atoms with Crippen LogP contribution in [0.2, 0.25) is 0 Å². The molecule has 92 valence electrons. The molecule has 0 bridgehead atoms. The topological polar surface area (TPSA) is 72.8 Å². The SMILES string of the molecule is O=C(O)N1C[C@H](NCc2ccccc2)[C@@H](O)C1. The van der Waals surface area contributed by atoms with Crippen molar-refractivity contribution in [2.45, 2.75) is 18.7 Å². The Hall–Kier alpha value is -1.59. The maximum Gasteiger partial charge on any atom is 0.407 e. The van der Waals surface area contributed by atoms with E-state index in [1.165, 1.54) is 4.90 Å². The first-order chi connectivity index (χ1) is 8.16. The number of hydrogen-bond acceptors (Lipinski definition) is 3. The predicted octanol–water partition coefficient (Wildman–Crippen LogP) is 0.499. The Kier molecular flexibility index (Phi) is 3.61. The van der Waals surface area contributed by atoms with Crippen LogP contribution < -0.4 is 5.32 Å². The van der Waals surface area contributed by atoms with Crippen LogP contribution in [0.1, 0.15) is 5.56 Å². The highest BCUT2D eigenvalue weighted by atomic mass is 16.4. The number of carboxylic acid groups (broad SMARTS) is 1. The van der Waals surface area contributed by atoms with E-state index >= 15 is 0 Å². The lowest BCUT2D eigenvalue weighted by molar-refractivity contribution is 0.136. The largest absolute Gasteiger partial charge is 0.465 e. The maximum absolute atomic E-state index is 10.8. The summed E-state index contributed by atoms with van der Waals surface area (Å²) in [6, 6.07) is 9.63. The number of aliphatic hydroxyl groups is 1. The van der Waals surface area contributed by atoms with E-state index in [4.69, 9.17) is 5.11 Å². The molecule has 1 aromatic rings. The minimum absolute atomic E-state index is 0.182. The maximum atomic E-state index is 10.8. The third kappa shape index (κ3) is 2.95. The summed E-state index contributed by atoms with van der Waals surface area (Å²) in [5, 5.41) is 21.7. The van der Waals surface area contributed by atoms with Gasteiger partial charge in [0.25, 0.3) is 0 Å². The summed E-state index contributed by atoms with van der Waals surface area (Å²) >= 11 is 0. The molecule has 0 unspecified atom stereocenters. The number of rotatable bonds is 3. The van der Waals surface area contributed by atoms with Crippen molar-refractivity contribution in [3.63, 3.8) is 0 Å². The highest BCUT2D eigenvalue weighted by Crippen LogP contribution is 2.11. The Labute approximate surface area is 99.7 Å². The van der Waals surface area contributed by atoms with Crippen LogP contribution in [0.4, 0.5) is 4.79 Å². The lowest BCUT2D eigenvalue weighted by atomic mass is 10.2. The Morgan fingerprint density at radius 3 is 2.65 bits per heavy atom. The van der Waals surface area contributed by atoms with E-state index in [0.717, 1.165) is 5.56 Å². The zero-order valence-electron chi connectivity index (χ0n) is 9.41. The van der Waals surface area contributed by atoms with E-state index < -0.39 is 12.2 Å². The Bertz CT molecular complexity index is 383. The van der Waals surface area contributed by atoms with Crippen LogP contribution in [0.15, 0.2) is 30.3 Å². The first-order valence-electron chi connectivity index (χ1n) is 5.60. The van der Waals surface area contributed by atoms with Gasteiger partial charge in [-0.15, -0.1) is 0 Å². The van der Waals surface area contributed by atoms with Crippen molar-refractivity contribution in [1.29, 1.82) is 0 Å². The van der Waals surface area contributed by atoms with Crippen LogP contribution in [0.3, 0.4) is 0 Å². The van der Waals surface area contributed by atoms with E-state index in [1.807, 2.05) is 30.3 Å². The lowest BCUT2D eigenvalue weighted by Crippen LogP contribution is -2.38. The van der Waals surface area contributed by atoms with Gasteiger partial charge in [0.2, 0.25) is 0 Å². The normalized spacial score (nSPS) is 23.9.